The van der Waals surface area contributed by atoms with Crippen LogP contribution in [-0.4, -0.2) is 18.0 Å². The number of halogens is 3. The highest BCUT2D eigenvalue weighted by molar-refractivity contribution is 5.82. The fourth-order valence-electron chi connectivity index (χ4n) is 1.29. The molecular weight excluding hydrogens is 233 g/mol. The summed E-state index contributed by atoms with van der Waals surface area (Å²) >= 11 is 0. The van der Waals surface area contributed by atoms with Crippen molar-refractivity contribution in [2.75, 3.05) is 6.61 Å². The monoisotopic (exact) mass is 244 g/mol. The van der Waals surface area contributed by atoms with Crippen LogP contribution in [0.15, 0.2) is 24.3 Å². The first-order valence-corrected chi connectivity index (χ1v) is 4.93. The maximum Gasteiger partial charge on any atom is 0.416 e. The molecule has 0 radical (unpaired) electrons. The molecule has 2 nitrogen and oxygen atoms in total. The number of hydrogen-bond acceptors (Lipinski definition) is 2. The minimum Gasteiger partial charge on any atom is -0.396 e. The number of aliphatic hydroxyl groups excluding tert-OH is 1. The maximum atomic E-state index is 12.4. The molecule has 0 aliphatic rings. The summed E-state index contributed by atoms with van der Waals surface area (Å²) in [5.74, 6) is 0. The largest absolute Gasteiger partial charge is 0.416 e. The number of carbonyl (C=O) groups excluding carboxylic acids is 1. The average Bonchev–Trinajstić information content (AvgIpc) is 2.28. The first-order chi connectivity index (χ1) is 7.99. The highest BCUT2D eigenvalue weighted by Gasteiger charge is 2.30. The van der Waals surface area contributed by atoms with Crippen molar-refractivity contribution in [1.29, 1.82) is 0 Å². The zero-order chi connectivity index (χ0) is 12.9. The van der Waals surface area contributed by atoms with Gasteiger partial charge in [0.1, 0.15) is 0 Å². The van der Waals surface area contributed by atoms with Crippen LogP contribution in [-0.2, 0) is 6.18 Å². The Kier molecular flexibility index (Phi) is 4.45. The lowest BCUT2D eigenvalue weighted by Crippen LogP contribution is -2.05. The molecule has 1 aromatic rings. The Morgan fingerprint density at radius 3 is 2.47 bits per heavy atom. The van der Waals surface area contributed by atoms with Crippen LogP contribution in [0.2, 0.25) is 0 Å². The SMILES string of the molecule is O=Cc1ccc(C(F)(F)F)cc1C=CCCO. The van der Waals surface area contributed by atoms with Gasteiger partial charge in [-0.3, -0.25) is 4.79 Å². The number of carbonyl (C=O) groups is 1. The summed E-state index contributed by atoms with van der Waals surface area (Å²) in [4.78, 5) is 10.7. The Hall–Kier alpha value is -1.62. The van der Waals surface area contributed by atoms with E-state index in [0.29, 0.717) is 12.7 Å². The van der Waals surface area contributed by atoms with E-state index in [2.05, 4.69) is 0 Å². The summed E-state index contributed by atoms with van der Waals surface area (Å²) < 4.78 is 37.3. The summed E-state index contributed by atoms with van der Waals surface area (Å²) in [6, 6.07) is 2.92. The molecule has 0 spiro atoms. The Labute approximate surface area is 96.4 Å². The molecule has 0 unspecified atom stereocenters. The predicted molar refractivity (Wildman–Crippen MR) is 57.6 cm³/mol. The lowest BCUT2D eigenvalue weighted by Gasteiger charge is -2.08. The molecule has 0 amide bonds. The van der Waals surface area contributed by atoms with E-state index < -0.39 is 11.7 Å². The quantitative estimate of drug-likeness (QED) is 0.827. The van der Waals surface area contributed by atoms with Gasteiger partial charge in [-0.25, -0.2) is 0 Å². The van der Waals surface area contributed by atoms with E-state index in [1.807, 2.05) is 0 Å². The van der Waals surface area contributed by atoms with Crippen LogP contribution in [0.3, 0.4) is 0 Å². The van der Waals surface area contributed by atoms with E-state index in [1.165, 1.54) is 12.2 Å². The highest BCUT2D eigenvalue weighted by atomic mass is 19.4. The Bertz CT molecular complexity index is 422. The second kappa shape index (κ2) is 5.63. The topological polar surface area (TPSA) is 37.3 Å². The number of aliphatic hydroxyl groups is 1. The molecule has 1 N–H and O–H groups in total. The van der Waals surface area contributed by atoms with Crippen LogP contribution in [0.25, 0.3) is 6.08 Å². The number of rotatable bonds is 4. The Balaban J connectivity index is 3.11. The minimum absolute atomic E-state index is 0.0914. The van der Waals surface area contributed by atoms with E-state index in [-0.39, 0.29) is 17.7 Å². The zero-order valence-electron chi connectivity index (χ0n) is 8.87. The van der Waals surface area contributed by atoms with Gasteiger partial charge >= 0.3 is 6.18 Å². The lowest BCUT2D eigenvalue weighted by atomic mass is 10.0. The molecule has 0 bridgehead atoms. The molecule has 0 aliphatic carbocycles. The number of alkyl halides is 3. The maximum absolute atomic E-state index is 12.4. The molecule has 0 heterocycles. The molecule has 17 heavy (non-hydrogen) atoms. The van der Waals surface area contributed by atoms with Gasteiger partial charge in [-0.15, -0.1) is 0 Å². The summed E-state index contributed by atoms with van der Waals surface area (Å²) in [6.07, 6.45) is -0.689. The molecule has 0 atom stereocenters. The number of benzene rings is 1. The van der Waals surface area contributed by atoms with Crippen LogP contribution in [0.4, 0.5) is 13.2 Å². The second-order valence-electron chi connectivity index (χ2n) is 3.37. The fourth-order valence-corrected chi connectivity index (χ4v) is 1.29. The minimum atomic E-state index is -4.43. The zero-order valence-corrected chi connectivity index (χ0v) is 8.87. The summed E-state index contributed by atoms with van der Waals surface area (Å²) in [6.45, 7) is -0.0914. The highest BCUT2D eigenvalue weighted by Crippen LogP contribution is 2.30. The van der Waals surface area contributed by atoms with Crippen molar-refractivity contribution in [3.8, 4) is 0 Å². The summed E-state index contributed by atoms with van der Waals surface area (Å²) in [7, 11) is 0. The standard InChI is InChI=1S/C12H11F3O2/c13-12(14,15)11-5-4-10(8-17)9(7-11)3-1-2-6-16/h1,3-5,7-8,16H,2,6H2. The van der Waals surface area contributed by atoms with Gasteiger partial charge in [0.2, 0.25) is 0 Å². The van der Waals surface area contributed by atoms with Gasteiger partial charge in [-0.1, -0.05) is 18.2 Å². The van der Waals surface area contributed by atoms with Crippen molar-refractivity contribution in [1.82, 2.24) is 0 Å². The fraction of sp³-hybridized carbons (Fsp3) is 0.250. The van der Waals surface area contributed by atoms with Crippen LogP contribution in [0, 0.1) is 0 Å². The van der Waals surface area contributed by atoms with E-state index in [9.17, 15) is 18.0 Å². The summed E-state index contributed by atoms with van der Waals surface area (Å²) in [5.41, 5.74) is -0.415. The second-order valence-corrected chi connectivity index (χ2v) is 3.37. The number of aldehydes is 1. The molecule has 1 rings (SSSR count). The summed E-state index contributed by atoms with van der Waals surface area (Å²) in [5, 5.41) is 8.55. The van der Waals surface area contributed by atoms with Crippen molar-refractivity contribution in [3.05, 3.63) is 41.0 Å². The average molecular weight is 244 g/mol. The third-order valence-electron chi connectivity index (χ3n) is 2.13. The molecule has 1 aromatic carbocycles. The van der Waals surface area contributed by atoms with E-state index in [1.54, 1.807) is 0 Å². The third-order valence-corrected chi connectivity index (χ3v) is 2.13. The molecule has 0 aromatic heterocycles. The predicted octanol–water partition coefficient (Wildman–Crippen LogP) is 2.91. The number of hydrogen-bond donors (Lipinski definition) is 1. The normalized spacial score (nSPS) is 12.0. The van der Waals surface area contributed by atoms with Crippen LogP contribution in [0.5, 0.6) is 0 Å². The molecular formula is C12H11F3O2. The molecule has 0 fully saturated rings. The van der Waals surface area contributed by atoms with Gasteiger partial charge in [0.15, 0.2) is 6.29 Å². The van der Waals surface area contributed by atoms with Gasteiger partial charge < -0.3 is 5.11 Å². The van der Waals surface area contributed by atoms with Gasteiger partial charge in [-0.2, -0.15) is 13.2 Å². The molecule has 5 heteroatoms. The van der Waals surface area contributed by atoms with Crippen LogP contribution < -0.4 is 0 Å². The van der Waals surface area contributed by atoms with Crippen molar-refractivity contribution < 1.29 is 23.1 Å². The molecule has 92 valence electrons. The van der Waals surface area contributed by atoms with Crippen molar-refractivity contribution in [2.45, 2.75) is 12.6 Å². The van der Waals surface area contributed by atoms with Crippen molar-refractivity contribution in [3.63, 3.8) is 0 Å². The van der Waals surface area contributed by atoms with Crippen molar-refractivity contribution in [2.24, 2.45) is 0 Å². The van der Waals surface area contributed by atoms with E-state index >= 15 is 0 Å². The van der Waals surface area contributed by atoms with Gasteiger partial charge in [0.25, 0.3) is 0 Å². The van der Waals surface area contributed by atoms with Gasteiger partial charge in [0, 0.05) is 12.2 Å². The molecule has 0 saturated heterocycles. The van der Waals surface area contributed by atoms with Crippen LogP contribution in [0.1, 0.15) is 27.9 Å². The smallest absolute Gasteiger partial charge is 0.396 e. The first kappa shape index (κ1) is 13.4. The lowest BCUT2D eigenvalue weighted by molar-refractivity contribution is -0.137. The van der Waals surface area contributed by atoms with Gasteiger partial charge in [-0.05, 0) is 24.1 Å². The third kappa shape index (κ3) is 3.71. The van der Waals surface area contributed by atoms with E-state index in [0.717, 1.165) is 18.2 Å². The molecule has 0 saturated carbocycles. The van der Waals surface area contributed by atoms with E-state index in [4.69, 9.17) is 5.11 Å². The molecule has 0 aliphatic heterocycles. The Morgan fingerprint density at radius 2 is 1.94 bits per heavy atom. The van der Waals surface area contributed by atoms with Crippen LogP contribution >= 0.6 is 0 Å². The Morgan fingerprint density at radius 1 is 1.24 bits per heavy atom. The first-order valence-electron chi connectivity index (χ1n) is 4.93. The van der Waals surface area contributed by atoms with Gasteiger partial charge in [0.05, 0.1) is 5.56 Å². The van der Waals surface area contributed by atoms with Crippen molar-refractivity contribution >= 4 is 12.4 Å².